The molecule has 0 spiro atoms. The van der Waals surface area contributed by atoms with Crippen LogP contribution in [-0.2, 0) is 0 Å². The molecule has 3 heteroatoms. The minimum Gasteiger partial charge on any atom is -0.310 e. The van der Waals surface area contributed by atoms with Crippen molar-refractivity contribution >= 4 is 15.9 Å². The van der Waals surface area contributed by atoms with Crippen molar-refractivity contribution in [3.8, 4) is 0 Å². The molecule has 0 saturated heterocycles. The Morgan fingerprint density at radius 1 is 1.24 bits per heavy atom. The summed E-state index contributed by atoms with van der Waals surface area (Å²) in [4.78, 5) is 2.69. The molecule has 1 aromatic carbocycles. The lowest BCUT2D eigenvalue weighted by molar-refractivity contribution is 0.247. The highest BCUT2D eigenvalue weighted by molar-refractivity contribution is 9.10. The van der Waals surface area contributed by atoms with Crippen molar-refractivity contribution < 1.29 is 0 Å². The van der Waals surface area contributed by atoms with E-state index in [0.29, 0.717) is 6.04 Å². The van der Waals surface area contributed by atoms with Gasteiger partial charge in [-0.05, 0) is 62.9 Å². The average Bonchev–Trinajstić information content (AvgIpc) is 3.30. The molecule has 21 heavy (non-hydrogen) atoms. The van der Waals surface area contributed by atoms with E-state index in [4.69, 9.17) is 0 Å². The SMILES string of the molecule is CCCNC(CCN(CCC)C1CC1)c1cccc(Br)c1. The van der Waals surface area contributed by atoms with Crippen molar-refractivity contribution in [2.45, 2.75) is 58.0 Å². The lowest BCUT2D eigenvalue weighted by Crippen LogP contribution is -2.32. The van der Waals surface area contributed by atoms with Gasteiger partial charge in [0.2, 0.25) is 0 Å². The van der Waals surface area contributed by atoms with Gasteiger partial charge < -0.3 is 10.2 Å². The Bertz CT molecular complexity index is 417. The van der Waals surface area contributed by atoms with Gasteiger partial charge in [-0.1, -0.05) is 41.9 Å². The molecule has 1 aliphatic carbocycles. The van der Waals surface area contributed by atoms with Crippen LogP contribution in [0.1, 0.15) is 57.6 Å². The van der Waals surface area contributed by atoms with E-state index in [0.717, 1.165) is 12.6 Å². The van der Waals surface area contributed by atoms with E-state index in [2.05, 4.69) is 64.3 Å². The zero-order valence-electron chi connectivity index (χ0n) is 13.4. The maximum atomic E-state index is 3.72. The second-order valence-electron chi connectivity index (χ2n) is 6.12. The van der Waals surface area contributed by atoms with E-state index in [-0.39, 0.29) is 0 Å². The first-order chi connectivity index (χ1) is 10.2. The van der Waals surface area contributed by atoms with Gasteiger partial charge in [0.25, 0.3) is 0 Å². The van der Waals surface area contributed by atoms with Gasteiger partial charge in [0.1, 0.15) is 0 Å². The Balaban J connectivity index is 1.95. The maximum absolute atomic E-state index is 3.72. The fourth-order valence-corrected chi connectivity index (χ4v) is 3.34. The zero-order valence-corrected chi connectivity index (χ0v) is 15.0. The molecular weight excluding hydrogens is 324 g/mol. The Labute approximate surface area is 138 Å². The molecule has 1 atom stereocenters. The van der Waals surface area contributed by atoms with E-state index in [1.54, 1.807) is 0 Å². The minimum absolute atomic E-state index is 0.473. The van der Waals surface area contributed by atoms with Crippen LogP contribution < -0.4 is 5.32 Å². The molecule has 1 N–H and O–H groups in total. The van der Waals surface area contributed by atoms with E-state index < -0.39 is 0 Å². The second kappa shape index (κ2) is 8.92. The summed E-state index contributed by atoms with van der Waals surface area (Å²) >= 11 is 3.60. The molecule has 0 aromatic heterocycles. The fraction of sp³-hybridized carbons (Fsp3) is 0.667. The van der Waals surface area contributed by atoms with Gasteiger partial charge in [-0.15, -0.1) is 0 Å². The van der Waals surface area contributed by atoms with Gasteiger partial charge in [0.15, 0.2) is 0 Å². The summed E-state index contributed by atoms with van der Waals surface area (Å²) in [6.45, 7) is 8.08. The number of nitrogens with one attached hydrogen (secondary N) is 1. The average molecular weight is 353 g/mol. The maximum Gasteiger partial charge on any atom is 0.0332 e. The molecule has 0 radical (unpaired) electrons. The Hall–Kier alpha value is -0.380. The molecule has 1 saturated carbocycles. The van der Waals surface area contributed by atoms with E-state index >= 15 is 0 Å². The predicted octanol–water partition coefficient (Wildman–Crippen LogP) is 4.75. The number of hydrogen-bond acceptors (Lipinski definition) is 2. The summed E-state index contributed by atoms with van der Waals surface area (Å²) < 4.78 is 1.18. The number of halogens is 1. The molecular formula is C18H29BrN2. The number of nitrogens with zero attached hydrogens (tertiary/aromatic N) is 1. The lowest BCUT2D eigenvalue weighted by Gasteiger charge is -2.25. The van der Waals surface area contributed by atoms with Crippen molar-refractivity contribution in [2.24, 2.45) is 0 Å². The molecule has 0 aliphatic heterocycles. The van der Waals surface area contributed by atoms with Crippen LogP contribution in [0.2, 0.25) is 0 Å². The van der Waals surface area contributed by atoms with Crippen molar-refractivity contribution in [3.05, 3.63) is 34.3 Å². The van der Waals surface area contributed by atoms with Crippen LogP contribution in [0.5, 0.6) is 0 Å². The molecule has 118 valence electrons. The van der Waals surface area contributed by atoms with Crippen LogP contribution in [0.15, 0.2) is 28.7 Å². The third-order valence-corrected chi connectivity index (χ3v) is 4.66. The molecule has 0 amide bonds. The largest absolute Gasteiger partial charge is 0.310 e. The molecule has 0 heterocycles. The van der Waals surface area contributed by atoms with Gasteiger partial charge >= 0.3 is 0 Å². The minimum atomic E-state index is 0.473. The highest BCUT2D eigenvalue weighted by Gasteiger charge is 2.28. The molecule has 1 fully saturated rings. The summed E-state index contributed by atoms with van der Waals surface area (Å²) in [5.41, 5.74) is 1.41. The number of rotatable bonds is 10. The summed E-state index contributed by atoms with van der Waals surface area (Å²) in [7, 11) is 0. The standard InChI is InChI=1S/C18H29BrN2/c1-3-11-20-18(15-6-5-7-16(19)14-15)10-13-21(12-4-2)17-8-9-17/h5-7,14,17-18,20H,3-4,8-13H2,1-2H3. The first-order valence-corrected chi connectivity index (χ1v) is 9.26. The van der Waals surface area contributed by atoms with Crippen molar-refractivity contribution in [3.63, 3.8) is 0 Å². The molecule has 1 aliphatic rings. The van der Waals surface area contributed by atoms with E-state index in [1.165, 1.54) is 55.2 Å². The first-order valence-electron chi connectivity index (χ1n) is 8.47. The monoisotopic (exact) mass is 352 g/mol. The van der Waals surface area contributed by atoms with Gasteiger partial charge in [0.05, 0.1) is 0 Å². The fourth-order valence-electron chi connectivity index (χ4n) is 2.93. The topological polar surface area (TPSA) is 15.3 Å². The molecule has 1 unspecified atom stereocenters. The summed E-state index contributed by atoms with van der Waals surface area (Å²) in [6.07, 6.45) is 6.47. The third-order valence-electron chi connectivity index (χ3n) is 4.17. The Morgan fingerprint density at radius 3 is 2.67 bits per heavy atom. The predicted molar refractivity (Wildman–Crippen MR) is 94.7 cm³/mol. The van der Waals surface area contributed by atoms with Crippen molar-refractivity contribution in [2.75, 3.05) is 19.6 Å². The summed E-state index contributed by atoms with van der Waals surface area (Å²) in [5.74, 6) is 0. The molecule has 2 nitrogen and oxygen atoms in total. The van der Waals surface area contributed by atoms with Gasteiger partial charge in [-0.25, -0.2) is 0 Å². The molecule has 1 aromatic rings. The van der Waals surface area contributed by atoms with Crippen LogP contribution in [0.3, 0.4) is 0 Å². The Morgan fingerprint density at radius 2 is 2.05 bits per heavy atom. The quantitative estimate of drug-likeness (QED) is 0.653. The molecule has 0 bridgehead atoms. The first kappa shape index (κ1) is 17.0. The number of benzene rings is 1. The highest BCUT2D eigenvalue weighted by atomic mass is 79.9. The van der Waals surface area contributed by atoms with Crippen LogP contribution in [0.4, 0.5) is 0 Å². The third kappa shape index (κ3) is 5.72. The lowest BCUT2D eigenvalue weighted by atomic mass is 10.0. The second-order valence-corrected chi connectivity index (χ2v) is 7.03. The summed E-state index contributed by atoms with van der Waals surface area (Å²) in [5, 5.41) is 3.72. The van der Waals surface area contributed by atoms with Crippen LogP contribution >= 0.6 is 15.9 Å². The Kier molecular flexibility index (Phi) is 7.21. The van der Waals surface area contributed by atoms with Crippen LogP contribution in [-0.4, -0.2) is 30.6 Å². The van der Waals surface area contributed by atoms with Crippen molar-refractivity contribution in [1.29, 1.82) is 0 Å². The zero-order chi connectivity index (χ0) is 15.1. The van der Waals surface area contributed by atoms with Gasteiger partial charge in [-0.2, -0.15) is 0 Å². The van der Waals surface area contributed by atoms with Crippen LogP contribution in [0.25, 0.3) is 0 Å². The normalized spacial score (nSPS) is 16.4. The van der Waals surface area contributed by atoms with E-state index in [9.17, 15) is 0 Å². The van der Waals surface area contributed by atoms with Gasteiger partial charge in [-0.3, -0.25) is 0 Å². The summed E-state index contributed by atoms with van der Waals surface area (Å²) in [6, 6.07) is 10.1. The highest BCUT2D eigenvalue weighted by Crippen LogP contribution is 2.28. The smallest absolute Gasteiger partial charge is 0.0332 e. The van der Waals surface area contributed by atoms with Crippen LogP contribution in [0, 0.1) is 0 Å². The molecule has 2 rings (SSSR count). The number of hydrogen-bond donors (Lipinski definition) is 1. The van der Waals surface area contributed by atoms with Gasteiger partial charge in [0, 0.05) is 23.1 Å². The van der Waals surface area contributed by atoms with Crippen molar-refractivity contribution in [1.82, 2.24) is 10.2 Å². The van der Waals surface area contributed by atoms with E-state index in [1.807, 2.05) is 0 Å².